The third kappa shape index (κ3) is 3.74. The lowest BCUT2D eigenvalue weighted by molar-refractivity contribution is -0.131. The summed E-state index contributed by atoms with van der Waals surface area (Å²) in [5.74, 6) is 1.53. The summed E-state index contributed by atoms with van der Waals surface area (Å²) in [6, 6.07) is 4.08. The van der Waals surface area contributed by atoms with E-state index in [1.54, 1.807) is 13.0 Å². The van der Waals surface area contributed by atoms with Crippen molar-refractivity contribution in [1.29, 1.82) is 0 Å². The van der Waals surface area contributed by atoms with E-state index in [4.69, 9.17) is 16.0 Å². The molecule has 0 unspecified atom stereocenters. The standard InChI is InChI=1S/C14H21ClN2O2/c1-3-11-9-17(10(2)18)7-6-13(11)16-8-12-4-5-14(15)19-12/h4-5,11,13,16H,3,6-9H2,1-2H3/t11-,13+/m0/s1. The van der Waals surface area contributed by atoms with Gasteiger partial charge in [0.15, 0.2) is 5.22 Å². The first-order valence-corrected chi connectivity index (χ1v) is 7.21. The third-order valence-corrected chi connectivity index (χ3v) is 4.07. The summed E-state index contributed by atoms with van der Waals surface area (Å²) in [7, 11) is 0. The van der Waals surface area contributed by atoms with Gasteiger partial charge in [-0.15, -0.1) is 0 Å². The summed E-state index contributed by atoms with van der Waals surface area (Å²) in [6.07, 6.45) is 2.06. The second-order valence-corrected chi connectivity index (χ2v) is 5.49. The van der Waals surface area contributed by atoms with Crippen LogP contribution in [0.25, 0.3) is 0 Å². The maximum atomic E-state index is 11.4. The summed E-state index contributed by atoms with van der Waals surface area (Å²) in [4.78, 5) is 13.4. The zero-order valence-electron chi connectivity index (χ0n) is 11.5. The molecule has 0 aliphatic carbocycles. The van der Waals surface area contributed by atoms with Crippen molar-refractivity contribution in [3.8, 4) is 0 Å². The second-order valence-electron chi connectivity index (χ2n) is 5.12. The van der Waals surface area contributed by atoms with Crippen LogP contribution in [0, 0.1) is 5.92 Å². The highest BCUT2D eigenvalue weighted by Gasteiger charge is 2.28. The van der Waals surface area contributed by atoms with Crippen molar-refractivity contribution in [2.45, 2.75) is 39.3 Å². The fourth-order valence-electron chi connectivity index (χ4n) is 2.68. The van der Waals surface area contributed by atoms with Crippen molar-refractivity contribution in [3.05, 3.63) is 23.1 Å². The molecule has 19 heavy (non-hydrogen) atoms. The number of piperidine rings is 1. The lowest BCUT2D eigenvalue weighted by Gasteiger charge is -2.38. The Labute approximate surface area is 119 Å². The minimum atomic E-state index is 0.176. The summed E-state index contributed by atoms with van der Waals surface area (Å²) in [5.41, 5.74) is 0. The first-order chi connectivity index (χ1) is 9.10. The molecule has 2 rings (SSSR count). The average Bonchev–Trinajstić information content (AvgIpc) is 2.81. The molecule has 106 valence electrons. The van der Waals surface area contributed by atoms with Gasteiger partial charge in [0.25, 0.3) is 0 Å². The minimum Gasteiger partial charge on any atom is -0.448 e. The monoisotopic (exact) mass is 284 g/mol. The molecule has 1 saturated heterocycles. The van der Waals surface area contributed by atoms with E-state index in [0.717, 1.165) is 31.7 Å². The van der Waals surface area contributed by atoms with E-state index >= 15 is 0 Å². The molecular formula is C14H21ClN2O2. The van der Waals surface area contributed by atoms with Crippen molar-refractivity contribution < 1.29 is 9.21 Å². The molecule has 2 atom stereocenters. The molecule has 0 bridgehead atoms. The summed E-state index contributed by atoms with van der Waals surface area (Å²) in [6.45, 7) is 6.19. The summed E-state index contributed by atoms with van der Waals surface area (Å²) in [5, 5.41) is 3.95. The number of halogens is 1. The first-order valence-electron chi connectivity index (χ1n) is 6.83. The lowest BCUT2D eigenvalue weighted by Crippen LogP contribution is -2.50. The van der Waals surface area contributed by atoms with Crippen molar-refractivity contribution in [1.82, 2.24) is 10.2 Å². The number of carbonyl (C=O) groups excluding carboxylic acids is 1. The maximum Gasteiger partial charge on any atom is 0.219 e. The number of amides is 1. The fraction of sp³-hybridized carbons (Fsp3) is 0.643. The van der Waals surface area contributed by atoms with Gasteiger partial charge in [-0.2, -0.15) is 0 Å². The highest BCUT2D eigenvalue weighted by Crippen LogP contribution is 2.21. The third-order valence-electron chi connectivity index (χ3n) is 3.87. The van der Waals surface area contributed by atoms with Gasteiger partial charge in [0.05, 0.1) is 6.54 Å². The van der Waals surface area contributed by atoms with Crippen LogP contribution in [0.2, 0.25) is 5.22 Å². The minimum absolute atomic E-state index is 0.176. The molecule has 2 heterocycles. The Balaban J connectivity index is 1.87. The zero-order chi connectivity index (χ0) is 13.8. The van der Waals surface area contributed by atoms with E-state index < -0.39 is 0 Å². The van der Waals surface area contributed by atoms with Crippen LogP contribution in [0.3, 0.4) is 0 Å². The predicted octanol–water partition coefficient (Wildman–Crippen LogP) is 2.67. The number of furan rings is 1. The quantitative estimate of drug-likeness (QED) is 0.925. The van der Waals surface area contributed by atoms with Crippen molar-refractivity contribution in [2.75, 3.05) is 13.1 Å². The lowest BCUT2D eigenvalue weighted by atomic mass is 9.90. The molecule has 1 N–H and O–H groups in total. The van der Waals surface area contributed by atoms with E-state index in [2.05, 4.69) is 12.2 Å². The van der Waals surface area contributed by atoms with Crippen LogP contribution in [0.15, 0.2) is 16.5 Å². The maximum absolute atomic E-state index is 11.4. The van der Waals surface area contributed by atoms with Gasteiger partial charge in [0.2, 0.25) is 5.91 Å². The number of rotatable bonds is 4. The van der Waals surface area contributed by atoms with Crippen LogP contribution in [0.4, 0.5) is 0 Å². The number of hydrogen-bond acceptors (Lipinski definition) is 3. The molecule has 4 nitrogen and oxygen atoms in total. The average molecular weight is 285 g/mol. The van der Waals surface area contributed by atoms with E-state index in [9.17, 15) is 4.79 Å². The van der Waals surface area contributed by atoms with Crippen LogP contribution in [0.1, 0.15) is 32.4 Å². The van der Waals surface area contributed by atoms with E-state index in [1.165, 1.54) is 0 Å². The summed E-state index contributed by atoms with van der Waals surface area (Å²) >= 11 is 5.75. The van der Waals surface area contributed by atoms with Crippen molar-refractivity contribution >= 4 is 17.5 Å². The molecule has 1 aliphatic heterocycles. The van der Waals surface area contributed by atoms with Crippen LogP contribution >= 0.6 is 11.6 Å². The fourth-order valence-corrected chi connectivity index (χ4v) is 2.84. The number of hydrogen-bond donors (Lipinski definition) is 1. The molecular weight excluding hydrogens is 264 g/mol. The van der Waals surface area contributed by atoms with Gasteiger partial charge in [-0.1, -0.05) is 13.3 Å². The Morgan fingerprint density at radius 3 is 2.95 bits per heavy atom. The molecule has 1 fully saturated rings. The Kier molecular flexibility index (Phi) is 4.88. The van der Waals surface area contributed by atoms with Crippen LogP contribution in [-0.4, -0.2) is 29.9 Å². The van der Waals surface area contributed by atoms with E-state index in [1.807, 2.05) is 11.0 Å². The highest BCUT2D eigenvalue weighted by atomic mass is 35.5. The first kappa shape index (κ1) is 14.4. The summed E-state index contributed by atoms with van der Waals surface area (Å²) < 4.78 is 5.34. The van der Waals surface area contributed by atoms with Gasteiger partial charge in [0.1, 0.15) is 5.76 Å². The molecule has 0 aromatic carbocycles. The second kappa shape index (κ2) is 6.44. The Bertz CT molecular complexity index is 433. The van der Waals surface area contributed by atoms with Crippen molar-refractivity contribution in [3.63, 3.8) is 0 Å². The largest absolute Gasteiger partial charge is 0.448 e. The molecule has 0 radical (unpaired) electrons. The van der Waals surface area contributed by atoms with Gasteiger partial charge in [-0.05, 0) is 36.1 Å². The highest BCUT2D eigenvalue weighted by molar-refractivity contribution is 6.28. The van der Waals surface area contributed by atoms with Gasteiger partial charge in [0, 0.05) is 26.1 Å². The zero-order valence-corrected chi connectivity index (χ0v) is 12.2. The Morgan fingerprint density at radius 1 is 1.58 bits per heavy atom. The van der Waals surface area contributed by atoms with Gasteiger partial charge in [-0.25, -0.2) is 0 Å². The van der Waals surface area contributed by atoms with Gasteiger partial charge in [-0.3, -0.25) is 4.79 Å². The smallest absolute Gasteiger partial charge is 0.219 e. The molecule has 0 saturated carbocycles. The SMILES string of the molecule is CC[C@H]1CN(C(C)=O)CC[C@H]1NCc1ccc(Cl)o1. The Hall–Kier alpha value is -1.00. The van der Waals surface area contributed by atoms with Crippen LogP contribution in [-0.2, 0) is 11.3 Å². The number of nitrogens with zero attached hydrogens (tertiary/aromatic N) is 1. The topological polar surface area (TPSA) is 45.5 Å². The molecule has 5 heteroatoms. The molecule has 1 aromatic rings. The number of likely N-dealkylation sites (tertiary alicyclic amines) is 1. The van der Waals surface area contributed by atoms with Gasteiger partial charge >= 0.3 is 0 Å². The molecule has 1 amide bonds. The van der Waals surface area contributed by atoms with Crippen molar-refractivity contribution in [2.24, 2.45) is 5.92 Å². The molecule has 1 aliphatic rings. The van der Waals surface area contributed by atoms with Crippen LogP contribution in [0.5, 0.6) is 0 Å². The predicted molar refractivity (Wildman–Crippen MR) is 75.0 cm³/mol. The number of nitrogens with one attached hydrogen (secondary N) is 1. The molecule has 1 aromatic heterocycles. The van der Waals surface area contributed by atoms with E-state index in [0.29, 0.717) is 23.7 Å². The van der Waals surface area contributed by atoms with Gasteiger partial charge < -0.3 is 14.6 Å². The Morgan fingerprint density at radius 2 is 2.37 bits per heavy atom. The van der Waals surface area contributed by atoms with Crippen LogP contribution < -0.4 is 5.32 Å². The molecule has 0 spiro atoms. The number of carbonyl (C=O) groups is 1. The van der Waals surface area contributed by atoms with E-state index in [-0.39, 0.29) is 5.91 Å². The normalized spacial score (nSPS) is 23.6.